The molecule has 37 heavy (non-hydrogen) atoms. The van der Waals surface area contributed by atoms with Crippen LogP contribution in [0.5, 0.6) is 0 Å². The highest BCUT2D eigenvalue weighted by Gasteiger charge is 2.29. The molecule has 2 aliphatic rings. The van der Waals surface area contributed by atoms with Crippen molar-refractivity contribution >= 4 is 17.6 Å². The van der Waals surface area contributed by atoms with Crippen LogP contribution in [0.25, 0.3) is 0 Å². The monoisotopic (exact) mass is 517 g/mol. The Balaban J connectivity index is 1.16. The minimum absolute atomic E-state index is 0.138. The molecule has 2 aromatic carbocycles. The summed E-state index contributed by atoms with van der Waals surface area (Å²) in [6.45, 7) is 6.52. The third-order valence-corrected chi connectivity index (χ3v) is 7.40. The Morgan fingerprint density at radius 2 is 1.65 bits per heavy atom. The molecule has 1 atom stereocenters. The molecule has 0 unspecified atom stereocenters. The fourth-order valence-corrected chi connectivity index (χ4v) is 5.17. The van der Waals surface area contributed by atoms with E-state index in [0.29, 0.717) is 37.7 Å². The van der Waals surface area contributed by atoms with Crippen molar-refractivity contribution < 1.29 is 22.8 Å². The molecule has 0 aromatic heterocycles. The summed E-state index contributed by atoms with van der Waals surface area (Å²) < 4.78 is 40.5. The van der Waals surface area contributed by atoms with Crippen molar-refractivity contribution in [3.05, 3.63) is 65.0 Å². The molecule has 10 heteroatoms. The lowest BCUT2D eigenvalue weighted by Crippen LogP contribution is -2.56. The molecular formula is C27H34F3N5O2. The zero-order chi connectivity index (χ0) is 26.5. The summed E-state index contributed by atoms with van der Waals surface area (Å²) in [6, 6.07) is 9.09. The van der Waals surface area contributed by atoms with Gasteiger partial charge in [0.25, 0.3) is 0 Å². The van der Waals surface area contributed by atoms with Gasteiger partial charge in [-0.1, -0.05) is 12.1 Å². The maximum absolute atomic E-state index is 13.6. The first-order chi connectivity index (χ1) is 17.7. The number of likely N-dealkylation sites (tertiary alicyclic amines) is 1. The van der Waals surface area contributed by atoms with E-state index in [9.17, 15) is 22.8 Å². The van der Waals surface area contributed by atoms with Crippen molar-refractivity contribution in [2.24, 2.45) is 11.7 Å². The Morgan fingerprint density at radius 1 is 1.00 bits per heavy atom. The van der Waals surface area contributed by atoms with E-state index in [1.165, 1.54) is 0 Å². The number of piperidine rings is 1. The van der Waals surface area contributed by atoms with Crippen LogP contribution in [0.1, 0.15) is 42.1 Å². The maximum atomic E-state index is 13.6. The molecule has 2 aliphatic heterocycles. The second kappa shape index (κ2) is 11.9. The summed E-state index contributed by atoms with van der Waals surface area (Å²) in [5, 5.41) is 3.02. The smallest absolute Gasteiger partial charge is 0.317 e. The van der Waals surface area contributed by atoms with E-state index >= 15 is 0 Å². The number of carbonyl (C=O) groups excluding carboxylic acids is 2. The highest BCUT2D eigenvalue weighted by Crippen LogP contribution is 2.24. The standard InChI is InChI=1S/C27H34F3N5O2/c1-18-16-34(22-14-23(28)25(30)24(29)15-22)12-13-35(18)27(37)32-9-6-19-7-10-33(11-8-19)17-20-2-4-21(5-3-20)26(31)36/h2-5,14-15,18-19H,6-13,16-17H2,1H3,(H2,31,36)(H,32,37)/t18-/m1/s1. The van der Waals surface area contributed by atoms with Crippen LogP contribution in [0, 0.1) is 23.4 Å². The summed E-state index contributed by atoms with van der Waals surface area (Å²) in [5.74, 6) is -3.78. The number of urea groups is 1. The van der Waals surface area contributed by atoms with Crippen LogP contribution < -0.4 is 16.0 Å². The van der Waals surface area contributed by atoms with Crippen LogP contribution in [0.4, 0.5) is 23.7 Å². The maximum Gasteiger partial charge on any atom is 0.317 e. The minimum Gasteiger partial charge on any atom is -0.368 e. The van der Waals surface area contributed by atoms with Crippen LogP contribution in [0.3, 0.4) is 0 Å². The van der Waals surface area contributed by atoms with Crippen LogP contribution in [-0.2, 0) is 6.54 Å². The molecule has 0 aliphatic carbocycles. The fourth-order valence-electron chi connectivity index (χ4n) is 5.17. The highest BCUT2D eigenvalue weighted by molar-refractivity contribution is 5.92. The molecule has 7 nitrogen and oxygen atoms in total. The first-order valence-electron chi connectivity index (χ1n) is 12.8. The van der Waals surface area contributed by atoms with Gasteiger partial charge >= 0.3 is 6.03 Å². The lowest BCUT2D eigenvalue weighted by molar-refractivity contribution is 0.1000. The lowest BCUT2D eigenvalue weighted by atomic mass is 9.93. The summed E-state index contributed by atoms with van der Waals surface area (Å²) >= 11 is 0. The Hall–Kier alpha value is -3.27. The van der Waals surface area contributed by atoms with Crippen LogP contribution in [0.2, 0.25) is 0 Å². The number of halogens is 3. The van der Waals surface area contributed by atoms with Gasteiger partial charge in [-0.05, 0) is 62.9 Å². The van der Waals surface area contributed by atoms with Crippen molar-refractivity contribution in [1.29, 1.82) is 0 Å². The first kappa shape index (κ1) is 26.8. The van der Waals surface area contributed by atoms with Gasteiger partial charge in [0.1, 0.15) is 0 Å². The molecule has 2 heterocycles. The summed E-state index contributed by atoms with van der Waals surface area (Å²) in [6.07, 6.45) is 3.04. The number of benzene rings is 2. The van der Waals surface area contributed by atoms with Gasteiger partial charge < -0.3 is 20.9 Å². The molecule has 4 rings (SSSR count). The highest BCUT2D eigenvalue weighted by atomic mass is 19.2. The zero-order valence-corrected chi connectivity index (χ0v) is 21.1. The molecule has 0 bridgehead atoms. The van der Waals surface area contributed by atoms with E-state index in [2.05, 4.69) is 10.2 Å². The van der Waals surface area contributed by atoms with Gasteiger partial charge in [0, 0.05) is 62.1 Å². The van der Waals surface area contributed by atoms with Crippen molar-refractivity contribution in [2.45, 2.75) is 38.8 Å². The predicted molar refractivity (Wildman–Crippen MR) is 136 cm³/mol. The summed E-state index contributed by atoms with van der Waals surface area (Å²) in [4.78, 5) is 29.9. The normalized spacial score (nSPS) is 19.2. The Bertz CT molecular complexity index is 1080. The number of nitrogens with one attached hydrogen (secondary N) is 1. The van der Waals surface area contributed by atoms with Crippen molar-refractivity contribution in [3.63, 3.8) is 0 Å². The van der Waals surface area contributed by atoms with E-state index in [1.807, 2.05) is 19.1 Å². The van der Waals surface area contributed by atoms with Crippen molar-refractivity contribution in [2.75, 3.05) is 44.2 Å². The van der Waals surface area contributed by atoms with E-state index in [-0.39, 0.29) is 17.8 Å². The van der Waals surface area contributed by atoms with E-state index in [0.717, 1.165) is 56.6 Å². The van der Waals surface area contributed by atoms with E-state index in [4.69, 9.17) is 5.73 Å². The lowest BCUT2D eigenvalue weighted by Gasteiger charge is -2.41. The Labute approximate surface area is 215 Å². The van der Waals surface area contributed by atoms with E-state index in [1.54, 1.807) is 21.9 Å². The number of nitrogens with zero attached hydrogens (tertiary/aromatic N) is 3. The number of piperazine rings is 1. The minimum atomic E-state index is -1.48. The number of carbonyl (C=O) groups is 2. The second-order valence-electron chi connectivity index (χ2n) is 10.0. The van der Waals surface area contributed by atoms with Crippen LogP contribution in [0.15, 0.2) is 36.4 Å². The average molecular weight is 518 g/mol. The summed E-state index contributed by atoms with van der Waals surface area (Å²) in [7, 11) is 0. The number of hydrogen-bond acceptors (Lipinski definition) is 4. The molecule has 3 amide bonds. The largest absolute Gasteiger partial charge is 0.368 e. The van der Waals surface area contributed by atoms with Gasteiger partial charge in [-0.25, -0.2) is 18.0 Å². The predicted octanol–water partition coefficient (Wildman–Crippen LogP) is 3.73. The first-order valence-corrected chi connectivity index (χ1v) is 12.8. The van der Waals surface area contributed by atoms with Crippen molar-refractivity contribution in [1.82, 2.24) is 15.1 Å². The average Bonchev–Trinajstić information content (AvgIpc) is 2.88. The number of nitrogens with two attached hydrogens (primary N) is 1. The molecule has 0 saturated carbocycles. The number of hydrogen-bond donors (Lipinski definition) is 2. The second-order valence-corrected chi connectivity index (χ2v) is 10.0. The number of rotatable bonds is 7. The van der Waals surface area contributed by atoms with Crippen LogP contribution >= 0.6 is 0 Å². The number of primary amides is 1. The van der Waals surface area contributed by atoms with Gasteiger partial charge in [0.2, 0.25) is 5.91 Å². The SMILES string of the molecule is C[C@@H]1CN(c2cc(F)c(F)c(F)c2)CCN1C(=O)NCCC1CCN(Cc2ccc(C(N)=O)cc2)CC1. The molecule has 3 N–H and O–H groups in total. The third kappa shape index (κ3) is 6.74. The zero-order valence-electron chi connectivity index (χ0n) is 21.1. The molecule has 200 valence electrons. The Morgan fingerprint density at radius 3 is 2.24 bits per heavy atom. The fraction of sp³-hybridized carbons (Fsp3) is 0.481. The number of amides is 3. The van der Waals surface area contributed by atoms with Gasteiger partial charge in [0.05, 0.1) is 0 Å². The quantitative estimate of drug-likeness (QED) is 0.549. The molecular weight excluding hydrogens is 483 g/mol. The van der Waals surface area contributed by atoms with E-state index < -0.39 is 23.4 Å². The van der Waals surface area contributed by atoms with Gasteiger partial charge in [-0.15, -0.1) is 0 Å². The van der Waals surface area contributed by atoms with Crippen LogP contribution in [-0.4, -0.2) is 67.0 Å². The molecule has 0 spiro atoms. The van der Waals surface area contributed by atoms with Gasteiger partial charge in [-0.3, -0.25) is 9.69 Å². The third-order valence-electron chi connectivity index (χ3n) is 7.40. The summed E-state index contributed by atoms with van der Waals surface area (Å²) in [5.41, 5.74) is 7.24. The van der Waals surface area contributed by atoms with Crippen molar-refractivity contribution in [3.8, 4) is 0 Å². The molecule has 2 saturated heterocycles. The molecule has 2 aromatic rings. The van der Waals surface area contributed by atoms with Gasteiger partial charge in [0.15, 0.2) is 17.5 Å². The Kier molecular flexibility index (Phi) is 8.58. The topological polar surface area (TPSA) is 81.9 Å². The molecule has 2 fully saturated rings. The number of anilines is 1. The molecule has 0 radical (unpaired) electrons. The van der Waals surface area contributed by atoms with Gasteiger partial charge in [-0.2, -0.15) is 0 Å².